The van der Waals surface area contributed by atoms with Crippen LogP contribution in [0.15, 0.2) is 40.9 Å². The van der Waals surface area contributed by atoms with Crippen molar-refractivity contribution in [2.75, 3.05) is 0 Å². The summed E-state index contributed by atoms with van der Waals surface area (Å²) < 4.78 is 26.9. The monoisotopic (exact) mass is 279 g/mol. The molecular formula is C15H21NO2S. The Labute approximate surface area is 116 Å². The molecule has 1 aliphatic heterocycles. The summed E-state index contributed by atoms with van der Waals surface area (Å²) in [7, 11) is -3.40. The minimum Gasteiger partial charge on any atom is -0.270 e. The van der Waals surface area contributed by atoms with Gasteiger partial charge in [-0.1, -0.05) is 36.6 Å². The molecule has 0 saturated heterocycles. The molecule has 0 N–H and O–H groups in total. The second-order valence-corrected chi connectivity index (χ2v) is 7.11. The van der Waals surface area contributed by atoms with Crippen molar-refractivity contribution in [3.63, 3.8) is 0 Å². The van der Waals surface area contributed by atoms with E-state index >= 15 is 0 Å². The summed E-state index contributed by atoms with van der Waals surface area (Å²) in [6.45, 7) is 6.04. The van der Waals surface area contributed by atoms with Gasteiger partial charge in [-0.15, -0.1) is 0 Å². The molecule has 104 valence electrons. The van der Waals surface area contributed by atoms with Gasteiger partial charge in [0.05, 0.1) is 4.90 Å². The fourth-order valence-electron chi connectivity index (χ4n) is 2.50. The minimum absolute atomic E-state index is 0.0799. The third-order valence-electron chi connectivity index (χ3n) is 3.48. The van der Waals surface area contributed by atoms with Gasteiger partial charge in [0, 0.05) is 12.2 Å². The first-order valence-corrected chi connectivity index (χ1v) is 8.16. The van der Waals surface area contributed by atoms with Crippen molar-refractivity contribution in [1.29, 1.82) is 0 Å². The van der Waals surface area contributed by atoms with Crippen LogP contribution in [0, 0.1) is 6.92 Å². The van der Waals surface area contributed by atoms with Gasteiger partial charge in [-0.05, 0) is 38.8 Å². The molecule has 2 rings (SSSR count). The summed E-state index contributed by atoms with van der Waals surface area (Å²) in [5.74, 6) is 0. The molecule has 1 aromatic rings. The molecule has 0 unspecified atom stereocenters. The third-order valence-corrected chi connectivity index (χ3v) is 5.31. The molecule has 4 heteroatoms. The van der Waals surface area contributed by atoms with Crippen LogP contribution in [-0.2, 0) is 10.0 Å². The van der Waals surface area contributed by atoms with E-state index in [0.717, 1.165) is 30.4 Å². The molecule has 0 aliphatic carbocycles. The van der Waals surface area contributed by atoms with Crippen molar-refractivity contribution in [3.8, 4) is 0 Å². The standard InChI is InChI=1S/C15H21NO2S/c1-4-5-14-10-13(3)11-16(14)19(17,18)15-8-6-12(2)7-9-15/h6-9,11,14H,4-5,10H2,1-3H3/t14-/m1/s1. The van der Waals surface area contributed by atoms with Crippen LogP contribution in [0.5, 0.6) is 0 Å². The van der Waals surface area contributed by atoms with Crippen LogP contribution < -0.4 is 0 Å². The van der Waals surface area contributed by atoms with E-state index in [0.29, 0.717) is 4.90 Å². The van der Waals surface area contributed by atoms with Crippen molar-refractivity contribution in [2.24, 2.45) is 0 Å². The zero-order chi connectivity index (χ0) is 14.0. The van der Waals surface area contributed by atoms with E-state index < -0.39 is 10.0 Å². The number of benzene rings is 1. The number of hydrogen-bond donors (Lipinski definition) is 0. The summed E-state index contributed by atoms with van der Waals surface area (Å²) in [4.78, 5) is 0.380. The van der Waals surface area contributed by atoms with E-state index in [2.05, 4.69) is 6.92 Å². The molecule has 1 aromatic carbocycles. The molecule has 0 spiro atoms. The van der Waals surface area contributed by atoms with Crippen molar-refractivity contribution in [1.82, 2.24) is 4.31 Å². The van der Waals surface area contributed by atoms with Crippen LogP contribution in [0.3, 0.4) is 0 Å². The quantitative estimate of drug-likeness (QED) is 0.846. The second kappa shape index (κ2) is 5.37. The van der Waals surface area contributed by atoms with Gasteiger partial charge in [-0.25, -0.2) is 8.42 Å². The van der Waals surface area contributed by atoms with Gasteiger partial charge in [0.1, 0.15) is 0 Å². The Morgan fingerprint density at radius 3 is 2.42 bits per heavy atom. The van der Waals surface area contributed by atoms with Gasteiger partial charge < -0.3 is 0 Å². The Morgan fingerprint density at radius 2 is 1.84 bits per heavy atom. The lowest BCUT2D eigenvalue weighted by Crippen LogP contribution is -2.32. The van der Waals surface area contributed by atoms with Crippen LogP contribution in [0.4, 0.5) is 0 Å². The summed E-state index contributed by atoms with van der Waals surface area (Å²) in [5, 5.41) is 0. The summed E-state index contributed by atoms with van der Waals surface area (Å²) in [5.41, 5.74) is 2.20. The molecule has 3 nitrogen and oxygen atoms in total. The van der Waals surface area contributed by atoms with Gasteiger partial charge in [0.2, 0.25) is 0 Å². The lowest BCUT2D eigenvalue weighted by Gasteiger charge is -2.24. The maximum absolute atomic E-state index is 12.7. The smallest absolute Gasteiger partial charge is 0.264 e. The molecule has 0 saturated carbocycles. The number of sulfonamides is 1. The highest BCUT2D eigenvalue weighted by atomic mass is 32.2. The maximum atomic E-state index is 12.7. The zero-order valence-electron chi connectivity index (χ0n) is 11.8. The van der Waals surface area contributed by atoms with E-state index in [1.165, 1.54) is 0 Å². The first kappa shape index (κ1) is 14.1. The highest BCUT2D eigenvalue weighted by Gasteiger charge is 2.32. The average Bonchev–Trinajstić information content (AvgIpc) is 2.72. The number of nitrogens with zero attached hydrogens (tertiary/aromatic N) is 1. The first-order chi connectivity index (χ1) is 8.95. The predicted molar refractivity (Wildman–Crippen MR) is 77.3 cm³/mol. The van der Waals surface area contributed by atoms with Crippen molar-refractivity contribution < 1.29 is 8.42 Å². The van der Waals surface area contributed by atoms with Crippen LogP contribution in [-0.4, -0.2) is 18.8 Å². The Morgan fingerprint density at radius 1 is 1.21 bits per heavy atom. The van der Waals surface area contributed by atoms with E-state index in [-0.39, 0.29) is 6.04 Å². The van der Waals surface area contributed by atoms with Gasteiger partial charge in [0.25, 0.3) is 10.0 Å². The zero-order valence-corrected chi connectivity index (χ0v) is 12.6. The molecule has 1 aliphatic rings. The maximum Gasteiger partial charge on any atom is 0.264 e. The molecule has 0 bridgehead atoms. The Kier molecular flexibility index (Phi) is 3.99. The van der Waals surface area contributed by atoms with Crippen molar-refractivity contribution in [2.45, 2.75) is 51.0 Å². The highest BCUT2D eigenvalue weighted by molar-refractivity contribution is 7.89. The topological polar surface area (TPSA) is 37.4 Å². The molecule has 1 atom stereocenters. The average molecular weight is 279 g/mol. The Bertz CT molecular complexity index is 573. The molecular weight excluding hydrogens is 258 g/mol. The van der Waals surface area contributed by atoms with E-state index in [1.807, 2.05) is 26.0 Å². The molecule has 1 heterocycles. The van der Waals surface area contributed by atoms with Crippen LogP contribution in [0.2, 0.25) is 0 Å². The highest BCUT2D eigenvalue weighted by Crippen LogP contribution is 2.30. The van der Waals surface area contributed by atoms with Gasteiger partial charge in [-0.2, -0.15) is 0 Å². The first-order valence-electron chi connectivity index (χ1n) is 6.72. The van der Waals surface area contributed by atoms with Crippen molar-refractivity contribution in [3.05, 3.63) is 41.6 Å². The fourth-order valence-corrected chi connectivity index (χ4v) is 4.11. The molecule has 0 aromatic heterocycles. The normalized spacial score (nSPS) is 19.6. The second-order valence-electron chi connectivity index (χ2n) is 5.27. The van der Waals surface area contributed by atoms with Crippen LogP contribution >= 0.6 is 0 Å². The van der Waals surface area contributed by atoms with E-state index in [1.54, 1.807) is 22.6 Å². The summed E-state index contributed by atoms with van der Waals surface area (Å²) >= 11 is 0. The molecule has 19 heavy (non-hydrogen) atoms. The molecule has 0 radical (unpaired) electrons. The van der Waals surface area contributed by atoms with Gasteiger partial charge in [0.15, 0.2) is 0 Å². The largest absolute Gasteiger partial charge is 0.270 e. The van der Waals surface area contributed by atoms with Gasteiger partial charge in [-0.3, -0.25) is 4.31 Å². The lowest BCUT2D eigenvalue weighted by molar-refractivity contribution is 0.398. The van der Waals surface area contributed by atoms with Crippen molar-refractivity contribution >= 4 is 10.0 Å². The molecule has 0 amide bonds. The summed E-state index contributed by atoms with van der Waals surface area (Å²) in [6, 6.07) is 7.14. The van der Waals surface area contributed by atoms with Gasteiger partial charge >= 0.3 is 0 Å². The Balaban J connectivity index is 2.35. The number of hydrogen-bond acceptors (Lipinski definition) is 2. The fraction of sp³-hybridized carbons (Fsp3) is 0.467. The van der Waals surface area contributed by atoms with E-state index in [4.69, 9.17) is 0 Å². The Hall–Kier alpha value is -1.29. The van der Waals surface area contributed by atoms with Crippen LogP contribution in [0.25, 0.3) is 0 Å². The minimum atomic E-state index is -3.40. The lowest BCUT2D eigenvalue weighted by atomic mass is 10.1. The van der Waals surface area contributed by atoms with E-state index in [9.17, 15) is 8.42 Å². The molecule has 0 fully saturated rings. The van der Waals surface area contributed by atoms with Crippen LogP contribution in [0.1, 0.15) is 38.7 Å². The predicted octanol–water partition coefficient (Wildman–Crippen LogP) is 3.46. The summed E-state index contributed by atoms with van der Waals surface area (Å²) in [6.07, 6.45) is 4.53. The number of rotatable bonds is 4. The number of aryl methyl sites for hydroxylation is 1. The SMILES string of the molecule is CCC[C@@H]1CC(C)=CN1S(=O)(=O)c1ccc(C)cc1. The third kappa shape index (κ3) is 2.84.